The number of nitrogens with zero attached hydrogens (tertiary/aromatic N) is 3. The number of urea groups is 1. The Morgan fingerprint density at radius 3 is 1.94 bits per heavy atom. The van der Waals surface area contributed by atoms with Crippen LogP contribution in [0.4, 0.5) is 4.79 Å². The molecule has 8 nitrogen and oxygen atoms in total. The van der Waals surface area contributed by atoms with Gasteiger partial charge in [-0.3, -0.25) is 4.79 Å². The first-order valence-corrected chi connectivity index (χ1v) is 12.9. The molecule has 0 radical (unpaired) electrons. The predicted octanol–water partition coefficient (Wildman–Crippen LogP) is 3.36. The second kappa shape index (κ2) is 20.2. The van der Waals surface area contributed by atoms with Crippen molar-refractivity contribution in [2.24, 2.45) is 0 Å². The summed E-state index contributed by atoms with van der Waals surface area (Å²) in [6.45, 7) is 8.02. The molecule has 0 aromatic heterocycles. The number of hydrogen-bond acceptors (Lipinski definition) is 6. The van der Waals surface area contributed by atoms with E-state index in [4.69, 9.17) is 9.47 Å². The van der Waals surface area contributed by atoms with Crippen LogP contribution in [-0.2, 0) is 14.3 Å². The van der Waals surface area contributed by atoms with E-state index < -0.39 is 0 Å². The van der Waals surface area contributed by atoms with Crippen molar-refractivity contribution in [3.63, 3.8) is 0 Å². The standard InChI is InChI=1S/C25H52N4O4/c1-7-21-32-22-23-33-24(30)15-11-9-8-10-12-16-26-25(31)29(6,19-13-17-27(2)3)20-14-18-28(4)5/h7-23H2,1-6H3/p+1. The fourth-order valence-electron chi connectivity index (χ4n) is 3.63. The number of hydrogen-bond donors (Lipinski definition) is 1. The van der Waals surface area contributed by atoms with Gasteiger partial charge in [0.05, 0.1) is 26.7 Å². The molecule has 0 bridgehead atoms. The van der Waals surface area contributed by atoms with Crippen LogP contribution in [0.1, 0.15) is 64.7 Å². The summed E-state index contributed by atoms with van der Waals surface area (Å²) in [5.74, 6) is -0.136. The van der Waals surface area contributed by atoms with Crippen LogP contribution in [0.5, 0.6) is 0 Å². The minimum atomic E-state index is -0.136. The number of nitrogens with one attached hydrogen (secondary N) is 1. The largest absolute Gasteiger partial charge is 0.463 e. The van der Waals surface area contributed by atoms with Crippen LogP contribution in [0.3, 0.4) is 0 Å². The molecule has 0 atom stereocenters. The summed E-state index contributed by atoms with van der Waals surface area (Å²) in [4.78, 5) is 29.0. The Morgan fingerprint density at radius 1 is 0.788 bits per heavy atom. The molecule has 2 amide bonds. The number of carbonyl (C=O) groups is 2. The minimum Gasteiger partial charge on any atom is -0.463 e. The highest BCUT2D eigenvalue weighted by molar-refractivity contribution is 5.69. The molecule has 0 heterocycles. The molecule has 196 valence electrons. The molecule has 0 aliphatic heterocycles. The third kappa shape index (κ3) is 18.8. The van der Waals surface area contributed by atoms with Gasteiger partial charge in [0.2, 0.25) is 0 Å². The van der Waals surface area contributed by atoms with Crippen molar-refractivity contribution < 1.29 is 23.5 Å². The Kier molecular flexibility index (Phi) is 19.4. The van der Waals surface area contributed by atoms with E-state index in [2.05, 4.69) is 57.3 Å². The van der Waals surface area contributed by atoms with E-state index in [-0.39, 0.29) is 12.0 Å². The fourth-order valence-corrected chi connectivity index (χ4v) is 3.63. The number of amides is 2. The predicted molar refractivity (Wildman–Crippen MR) is 135 cm³/mol. The highest BCUT2D eigenvalue weighted by Crippen LogP contribution is 2.10. The number of carbonyl (C=O) groups excluding carboxylic acids is 2. The Bertz CT molecular complexity index is 487. The number of ether oxygens (including phenoxy) is 2. The lowest BCUT2D eigenvalue weighted by Crippen LogP contribution is -2.56. The van der Waals surface area contributed by atoms with Crippen molar-refractivity contribution in [1.29, 1.82) is 0 Å². The molecule has 0 aliphatic carbocycles. The third-order valence-electron chi connectivity index (χ3n) is 5.68. The molecule has 0 saturated carbocycles. The molecule has 0 saturated heterocycles. The maximum absolute atomic E-state index is 12.9. The van der Waals surface area contributed by atoms with Gasteiger partial charge in [-0.05, 0) is 47.5 Å². The van der Waals surface area contributed by atoms with E-state index in [0.29, 0.717) is 37.3 Å². The topological polar surface area (TPSA) is 71.1 Å². The van der Waals surface area contributed by atoms with Gasteiger partial charge in [-0.1, -0.05) is 26.2 Å². The van der Waals surface area contributed by atoms with Gasteiger partial charge in [-0.2, -0.15) is 0 Å². The van der Waals surface area contributed by atoms with Crippen molar-refractivity contribution in [2.75, 3.05) is 87.8 Å². The van der Waals surface area contributed by atoms with Crippen LogP contribution in [0.25, 0.3) is 0 Å². The highest BCUT2D eigenvalue weighted by Gasteiger charge is 2.30. The van der Waals surface area contributed by atoms with Crippen LogP contribution in [0, 0.1) is 0 Å². The first kappa shape index (κ1) is 31.8. The monoisotopic (exact) mass is 473 g/mol. The Hall–Kier alpha value is -1.22. The second-order valence-electron chi connectivity index (χ2n) is 9.74. The molecule has 0 aromatic carbocycles. The van der Waals surface area contributed by atoms with E-state index >= 15 is 0 Å². The number of unbranched alkanes of at least 4 members (excludes halogenated alkanes) is 4. The van der Waals surface area contributed by atoms with Crippen molar-refractivity contribution >= 4 is 12.0 Å². The zero-order valence-corrected chi connectivity index (χ0v) is 22.5. The first-order chi connectivity index (χ1) is 15.7. The molecule has 1 N–H and O–H groups in total. The SMILES string of the molecule is CCCOCCOC(=O)CCCCCCCNC(=O)[N+](C)(CCCN(C)C)CCCN(C)C. The third-order valence-corrected chi connectivity index (χ3v) is 5.68. The van der Waals surface area contributed by atoms with Gasteiger partial charge in [0.15, 0.2) is 0 Å². The molecular formula is C25H53N4O4+. The first-order valence-electron chi connectivity index (χ1n) is 12.9. The number of esters is 1. The van der Waals surface area contributed by atoms with Crippen molar-refractivity contribution in [2.45, 2.75) is 64.7 Å². The van der Waals surface area contributed by atoms with Gasteiger partial charge >= 0.3 is 12.0 Å². The molecule has 0 rings (SSSR count). The van der Waals surface area contributed by atoms with Crippen molar-refractivity contribution in [3.05, 3.63) is 0 Å². The average molecular weight is 474 g/mol. The summed E-state index contributed by atoms with van der Waals surface area (Å²) in [6.07, 6.45) is 8.43. The average Bonchev–Trinajstić information content (AvgIpc) is 2.74. The normalized spacial score (nSPS) is 11.9. The Balaban J connectivity index is 4.00. The fraction of sp³-hybridized carbons (Fsp3) is 0.920. The zero-order chi connectivity index (χ0) is 25.0. The summed E-state index contributed by atoms with van der Waals surface area (Å²) in [5, 5.41) is 3.17. The zero-order valence-electron chi connectivity index (χ0n) is 22.5. The van der Waals surface area contributed by atoms with Crippen LogP contribution in [0.15, 0.2) is 0 Å². The van der Waals surface area contributed by atoms with Crippen LogP contribution in [-0.4, -0.2) is 114 Å². The van der Waals surface area contributed by atoms with Crippen molar-refractivity contribution in [3.8, 4) is 0 Å². The van der Waals surface area contributed by atoms with Gasteiger partial charge in [0.1, 0.15) is 6.61 Å². The van der Waals surface area contributed by atoms with E-state index in [1.54, 1.807) is 0 Å². The molecule has 33 heavy (non-hydrogen) atoms. The molecule has 0 fully saturated rings. The van der Waals surface area contributed by atoms with Gasteiger partial charge in [0, 0.05) is 45.5 Å². The summed E-state index contributed by atoms with van der Waals surface area (Å²) in [5.41, 5.74) is 0. The molecule has 0 aliphatic rings. The van der Waals surface area contributed by atoms with Gasteiger partial charge < -0.3 is 24.6 Å². The number of quaternary nitrogens is 1. The summed E-state index contributed by atoms with van der Waals surface area (Å²) >= 11 is 0. The lowest BCUT2D eigenvalue weighted by molar-refractivity contribution is -0.830. The Morgan fingerprint density at radius 2 is 1.36 bits per heavy atom. The molecular weight excluding hydrogens is 420 g/mol. The van der Waals surface area contributed by atoms with E-state index in [0.717, 1.165) is 77.5 Å². The van der Waals surface area contributed by atoms with Crippen LogP contribution in [0.2, 0.25) is 0 Å². The maximum atomic E-state index is 12.9. The van der Waals surface area contributed by atoms with Crippen molar-refractivity contribution in [1.82, 2.24) is 15.1 Å². The quantitative estimate of drug-likeness (QED) is 0.157. The number of rotatable bonds is 21. The van der Waals surface area contributed by atoms with Gasteiger partial charge in [-0.15, -0.1) is 0 Å². The van der Waals surface area contributed by atoms with E-state index in [1.807, 2.05) is 0 Å². The van der Waals surface area contributed by atoms with Crippen LogP contribution < -0.4 is 5.32 Å². The second-order valence-corrected chi connectivity index (χ2v) is 9.74. The molecule has 8 heteroatoms. The van der Waals surface area contributed by atoms with E-state index in [9.17, 15) is 9.59 Å². The molecule has 0 aromatic rings. The smallest absolute Gasteiger partial charge is 0.416 e. The van der Waals surface area contributed by atoms with Crippen LogP contribution >= 0.6 is 0 Å². The van der Waals surface area contributed by atoms with Gasteiger partial charge in [0.25, 0.3) is 0 Å². The van der Waals surface area contributed by atoms with E-state index in [1.165, 1.54) is 0 Å². The summed E-state index contributed by atoms with van der Waals surface area (Å²) in [6, 6.07) is 0.137. The highest BCUT2D eigenvalue weighted by atomic mass is 16.6. The lowest BCUT2D eigenvalue weighted by Gasteiger charge is -2.32. The summed E-state index contributed by atoms with van der Waals surface area (Å²) in [7, 11) is 10.4. The lowest BCUT2D eigenvalue weighted by atomic mass is 10.1. The Labute approximate surface area is 203 Å². The summed E-state index contributed by atoms with van der Waals surface area (Å²) < 4.78 is 10.9. The van der Waals surface area contributed by atoms with Gasteiger partial charge in [-0.25, -0.2) is 9.28 Å². The maximum Gasteiger partial charge on any atom is 0.416 e. The molecule has 0 spiro atoms. The minimum absolute atomic E-state index is 0.136. The molecule has 0 unspecified atom stereocenters.